The van der Waals surface area contributed by atoms with E-state index in [9.17, 15) is 34.4 Å². The first-order chi connectivity index (χ1) is 19.9. The summed E-state index contributed by atoms with van der Waals surface area (Å²) in [5.74, 6) is -12.1. The third-order valence-electron chi connectivity index (χ3n) is 6.25. The van der Waals surface area contributed by atoms with Gasteiger partial charge in [0.15, 0.2) is 16.5 Å². The molecule has 0 unspecified atom stereocenters. The van der Waals surface area contributed by atoms with E-state index in [0.29, 0.717) is 22.3 Å². The van der Waals surface area contributed by atoms with Crippen LogP contribution in [0.4, 0.5) is 17.6 Å². The maximum Gasteiger partial charge on any atom is 0.340 e. The van der Waals surface area contributed by atoms with Crippen LogP contribution in [0.5, 0.6) is 5.75 Å². The SMILES string of the molecule is O=S(=O)(O)c1c(F)c(F)c(OS(=O)(=O)c2c(-c3ccccc3)cc(-c3ccccc3)cc2-c2ccccc2)c(F)c1F. The normalized spacial score (nSPS) is 11.8. The Hall–Kier alpha value is -4.52. The highest BCUT2D eigenvalue weighted by Gasteiger charge is 2.37. The molecule has 5 aromatic carbocycles. The monoisotopic (exact) mass is 614 g/mol. The molecule has 6 nitrogen and oxygen atoms in total. The van der Waals surface area contributed by atoms with Gasteiger partial charge in [-0.1, -0.05) is 91.0 Å². The van der Waals surface area contributed by atoms with Crippen LogP contribution in [0.3, 0.4) is 0 Å². The fourth-order valence-corrected chi connectivity index (χ4v) is 6.38. The molecule has 5 aromatic rings. The molecule has 0 aliphatic heterocycles. The van der Waals surface area contributed by atoms with Gasteiger partial charge in [0.1, 0.15) is 4.90 Å². The summed E-state index contributed by atoms with van der Waals surface area (Å²) in [5.41, 5.74) is 2.06. The predicted octanol–water partition coefficient (Wildman–Crippen LogP) is 7.26. The van der Waals surface area contributed by atoms with Crippen molar-refractivity contribution < 1.29 is 43.1 Å². The largest absolute Gasteiger partial charge is 0.372 e. The van der Waals surface area contributed by atoms with Gasteiger partial charge in [-0.05, 0) is 34.4 Å². The molecule has 0 spiro atoms. The van der Waals surface area contributed by atoms with E-state index < -0.39 is 59.0 Å². The van der Waals surface area contributed by atoms with E-state index >= 15 is 0 Å². The topological polar surface area (TPSA) is 97.7 Å². The molecular weight excluding hydrogens is 596 g/mol. The summed E-state index contributed by atoms with van der Waals surface area (Å²) in [6.45, 7) is 0. The van der Waals surface area contributed by atoms with Crippen LogP contribution in [-0.2, 0) is 20.2 Å². The molecule has 0 aliphatic carbocycles. The Bertz CT molecular complexity index is 1930. The van der Waals surface area contributed by atoms with E-state index in [1.54, 1.807) is 91.0 Å². The van der Waals surface area contributed by atoms with Crippen LogP contribution in [-0.4, -0.2) is 21.4 Å². The summed E-state index contributed by atoms with van der Waals surface area (Å²) in [6.07, 6.45) is 0. The molecule has 0 aromatic heterocycles. The average molecular weight is 615 g/mol. The molecule has 42 heavy (non-hydrogen) atoms. The van der Waals surface area contributed by atoms with E-state index in [4.69, 9.17) is 8.74 Å². The smallest absolute Gasteiger partial charge is 0.340 e. The van der Waals surface area contributed by atoms with Crippen molar-refractivity contribution in [1.29, 1.82) is 0 Å². The molecule has 5 rings (SSSR count). The summed E-state index contributed by atoms with van der Waals surface area (Å²) in [6, 6.07) is 28.2. The lowest BCUT2D eigenvalue weighted by Gasteiger charge is -2.19. The van der Waals surface area contributed by atoms with Gasteiger partial charge in [-0.2, -0.15) is 25.6 Å². The molecule has 214 valence electrons. The second kappa shape index (κ2) is 11.0. The van der Waals surface area contributed by atoms with Gasteiger partial charge in [-0.15, -0.1) is 0 Å². The Kier molecular flexibility index (Phi) is 7.62. The van der Waals surface area contributed by atoms with Gasteiger partial charge in [0.05, 0.1) is 0 Å². The zero-order valence-electron chi connectivity index (χ0n) is 21.1. The average Bonchev–Trinajstić information content (AvgIpc) is 2.98. The van der Waals surface area contributed by atoms with Crippen molar-refractivity contribution in [2.24, 2.45) is 0 Å². The molecule has 0 heterocycles. The van der Waals surface area contributed by atoms with Crippen molar-refractivity contribution in [2.45, 2.75) is 9.79 Å². The summed E-state index contributed by atoms with van der Waals surface area (Å²) in [5, 5.41) is 0. The van der Waals surface area contributed by atoms with Crippen LogP contribution in [0, 0.1) is 23.3 Å². The number of rotatable bonds is 7. The number of halogens is 4. The highest BCUT2D eigenvalue weighted by Crippen LogP contribution is 2.42. The lowest BCUT2D eigenvalue weighted by atomic mass is 9.93. The molecule has 12 heteroatoms. The molecule has 0 saturated heterocycles. The van der Waals surface area contributed by atoms with Gasteiger partial charge < -0.3 is 4.18 Å². The minimum absolute atomic E-state index is 0.0344. The first kappa shape index (κ1) is 29.0. The van der Waals surface area contributed by atoms with Gasteiger partial charge in [0, 0.05) is 11.1 Å². The van der Waals surface area contributed by atoms with E-state index in [0.717, 1.165) is 0 Å². The summed E-state index contributed by atoms with van der Waals surface area (Å²) in [7, 11) is -11.1. The Morgan fingerprint density at radius 3 is 1.26 bits per heavy atom. The molecule has 1 N–H and O–H groups in total. The molecule has 0 saturated carbocycles. The van der Waals surface area contributed by atoms with Gasteiger partial charge >= 0.3 is 20.2 Å². The highest BCUT2D eigenvalue weighted by atomic mass is 32.2. The first-order valence-electron chi connectivity index (χ1n) is 12.0. The van der Waals surface area contributed by atoms with Crippen molar-refractivity contribution in [2.75, 3.05) is 0 Å². The van der Waals surface area contributed by atoms with Crippen LogP contribution >= 0.6 is 0 Å². The molecule has 0 fully saturated rings. The van der Waals surface area contributed by atoms with Crippen LogP contribution in [0.1, 0.15) is 0 Å². The van der Waals surface area contributed by atoms with E-state index in [1.165, 1.54) is 12.1 Å². The van der Waals surface area contributed by atoms with Gasteiger partial charge in [-0.3, -0.25) is 4.55 Å². The zero-order chi connectivity index (χ0) is 30.2. The van der Waals surface area contributed by atoms with Crippen LogP contribution in [0.25, 0.3) is 33.4 Å². The fraction of sp³-hybridized carbons (Fsp3) is 0. The lowest BCUT2D eigenvalue weighted by molar-refractivity contribution is 0.365. The standard InChI is InChI=1S/C30H18F4O6S2/c31-24-26(33)30(41(35,36)37)27(34)25(32)28(24)40-42(38,39)29-22(19-12-6-2-7-13-19)16-21(18-10-4-1-5-11-18)17-23(29)20-14-8-3-9-15-20/h1-17H,(H,35,36,37). The molecule has 0 radical (unpaired) electrons. The minimum atomic E-state index is -5.77. The fourth-order valence-electron chi connectivity index (χ4n) is 4.40. The summed E-state index contributed by atoms with van der Waals surface area (Å²) >= 11 is 0. The summed E-state index contributed by atoms with van der Waals surface area (Å²) < 4.78 is 123. The third kappa shape index (κ3) is 5.39. The lowest BCUT2D eigenvalue weighted by Crippen LogP contribution is -2.17. The minimum Gasteiger partial charge on any atom is -0.372 e. The van der Waals surface area contributed by atoms with Gasteiger partial charge in [-0.25, -0.2) is 8.78 Å². The van der Waals surface area contributed by atoms with Gasteiger partial charge in [0.2, 0.25) is 17.4 Å². The van der Waals surface area contributed by atoms with Crippen molar-refractivity contribution in [3.05, 3.63) is 126 Å². The Labute approximate surface area is 238 Å². The van der Waals surface area contributed by atoms with Crippen molar-refractivity contribution in [3.63, 3.8) is 0 Å². The maximum atomic E-state index is 14.9. The molecular formula is C30H18F4O6S2. The quantitative estimate of drug-likeness (QED) is 0.0897. The molecule has 0 bridgehead atoms. The number of hydrogen-bond acceptors (Lipinski definition) is 5. The molecule has 0 atom stereocenters. The Morgan fingerprint density at radius 1 is 0.500 bits per heavy atom. The van der Waals surface area contributed by atoms with Crippen molar-refractivity contribution >= 4 is 20.2 Å². The van der Waals surface area contributed by atoms with E-state index in [1.807, 2.05) is 0 Å². The zero-order valence-corrected chi connectivity index (χ0v) is 22.8. The third-order valence-corrected chi connectivity index (χ3v) is 8.45. The van der Waals surface area contributed by atoms with E-state index in [2.05, 4.69) is 0 Å². The van der Waals surface area contributed by atoms with Gasteiger partial charge in [0.25, 0.3) is 0 Å². The number of hydrogen-bond donors (Lipinski definition) is 1. The van der Waals surface area contributed by atoms with Crippen LogP contribution < -0.4 is 4.18 Å². The highest BCUT2D eigenvalue weighted by molar-refractivity contribution is 7.87. The second-order valence-electron chi connectivity index (χ2n) is 8.93. The van der Waals surface area contributed by atoms with Crippen LogP contribution in [0.15, 0.2) is 113 Å². The maximum absolute atomic E-state index is 14.9. The van der Waals surface area contributed by atoms with Crippen molar-refractivity contribution in [3.8, 4) is 39.1 Å². The molecule has 0 aliphatic rings. The number of benzene rings is 5. The van der Waals surface area contributed by atoms with E-state index in [-0.39, 0.29) is 11.1 Å². The second-order valence-corrected chi connectivity index (χ2v) is 11.8. The first-order valence-corrected chi connectivity index (χ1v) is 14.9. The Morgan fingerprint density at radius 2 is 0.881 bits per heavy atom. The van der Waals surface area contributed by atoms with Crippen LogP contribution in [0.2, 0.25) is 0 Å². The predicted molar refractivity (Wildman–Crippen MR) is 147 cm³/mol. The van der Waals surface area contributed by atoms with Crippen molar-refractivity contribution in [1.82, 2.24) is 0 Å². The molecule has 0 amide bonds. The Balaban J connectivity index is 1.83. The summed E-state index contributed by atoms with van der Waals surface area (Å²) in [4.78, 5) is -2.91.